The zero-order valence-electron chi connectivity index (χ0n) is 27.6. The minimum atomic E-state index is 0.0644. The molecule has 4 nitrogen and oxygen atoms in total. The molecule has 0 aliphatic carbocycles. The molecule has 0 saturated carbocycles. The smallest absolute Gasteiger partial charge is 0.137 e. The lowest BCUT2D eigenvalue weighted by atomic mass is 9.85. The Labute approximate surface area is 284 Å². The van der Waals surface area contributed by atoms with Gasteiger partial charge in [-0.2, -0.15) is 10.5 Å². The van der Waals surface area contributed by atoms with E-state index in [1.54, 1.807) is 14.2 Å². The Hall–Kier alpha value is -6.10. The van der Waals surface area contributed by atoms with Crippen molar-refractivity contribution in [1.29, 1.82) is 10.5 Å². The van der Waals surface area contributed by atoms with Gasteiger partial charge in [0.05, 0.1) is 14.2 Å². The molecule has 236 valence electrons. The van der Waals surface area contributed by atoms with Crippen LogP contribution in [0.2, 0.25) is 0 Å². The quantitative estimate of drug-likeness (QED) is 0.0785. The number of methoxy groups -OCH3 is 2. The van der Waals surface area contributed by atoms with Crippen molar-refractivity contribution in [3.8, 4) is 23.6 Å². The molecule has 0 unspecified atom stereocenters. The number of nitrogens with zero attached hydrogens (tertiary/aromatic N) is 2. The highest BCUT2D eigenvalue weighted by Gasteiger charge is 2.17. The van der Waals surface area contributed by atoms with Crippen LogP contribution in [0.3, 0.4) is 0 Å². The molecule has 5 aromatic carbocycles. The molecule has 5 aromatic rings. The molecule has 5 rings (SSSR count). The molecular weight excluding hydrogens is 588 g/mol. The molecule has 0 aliphatic rings. The summed E-state index contributed by atoms with van der Waals surface area (Å²) < 4.78 is 10.9. The normalized spacial score (nSPS) is 10.5. The van der Waals surface area contributed by atoms with Crippen molar-refractivity contribution in [3.63, 3.8) is 0 Å². The van der Waals surface area contributed by atoms with Crippen LogP contribution < -0.4 is 9.47 Å². The summed E-state index contributed by atoms with van der Waals surface area (Å²) in [5, 5.41) is 19.8. The molecule has 0 radical (unpaired) electrons. The summed E-state index contributed by atoms with van der Waals surface area (Å²) >= 11 is 0. The molecule has 0 aromatic heterocycles. The fourth-order valence-electron chi connectivity index (χ4n) is 5.67. The van der Waals surface area contributed by atoms with Crippen LogP contribution in [-0.2, 0) is 6.42 Å². The van der Waals surface area contributed by atoms with E-state index in [4.69, 9.17) is 9.47 Å². The van der Waals surface area contributed by atoms with Crippen molar-refractivity contribution in [3.05, 3.63) is 178 Å². The number of hydrogen-bond acceptors (Lipinski definition) is 4. The molecule has 0 fully saturated rings. The number of rotatable bonds is 12. The van der Waals surface area contributed by atoms with Crippen LogP contribution in [0.25, 0.3) is 22.8 Å². The number of ether oxygens (including phenoxy) is 2. The van der Waals surface area contributed by atoms with Gasteiger partial charge in [0, 0.05) is 5.57 Å². The SMILES string of the molecule is CCCCc1ccc(/C=C/C(=C(C#N)C#N)c2ccc(C(=C(c3ccc(OC)cc3)c3ccc(OC)cc3)c3ccccc3)cc2)cc1. The van der Waals surface area contributed by atoms with E-state index in [-0.39, 0.29) is 5.57 Å². The van der Waals surface area contributed by atoms with Crippen LogP contribution >= 0.6 is 0 Å². The van der Waals surface area contributed by atoms with Crippen LogP contribution in [0.4, 0.5) is 0 Å². The number of unbranched alkanes of at least 4 members (excludes halogenated alkanes) is 1. The van der Waals surface area contributed by atoms with Gasteiger partial charge in [-0.05, 0) is 87.2 Å². The second kappa shape index (κ2) is 16.5. The van der Waals surface area contributed by atoms with Crippen molar-refractivity contribution in [2.24, 2.45) is 0 Å². The first kappa shape index (κ1) is 33.3. The van der Waals surface area contributed by atoms with Gasteiger partial charge in [0.1, 0.15) is 29.2 Å². The molecule has 4 heteroatoms. The van der Waals surface area contributed by atoms with Crippen molar-refractivity contribution in [2.45, 2.75) is 26.2 Å². The summed E-state index contributed by atoms with van der Waals surface area (Å²) in [5.41, 5.74) is 9.96. The Morgan fingerprint density at radius 3 is 1.50 bits per heavy atom. The van der Waals surface area contributed by atoms with Gasteiger partial charge in [-0.1, -0.05) is 129 Å². The highest BCUT2D eigenvalue weighted by Crippen LogP contribution is 2.38. The van der Waals surface area contributed by atoms with Crippen LogP contribution in [-0.4, -0.2) is 14.2 Å². The van der Waals surface area contributed by atoms with E-state index in [9.17, 15) is 10.5 Å². The minimum Gasteiger partial charge on any atom is -0.497 e. The standard InChI is InChI=1S/C44H38N2O2/c1-4-5-9-32-12-14-33(15-13-32)16-29-42(39(30-45)31-46)34-17-19-36(20-18-34)43(35-10-7-6-8-11-35)44(37-21-25-40(47-2)26-22-37)38-23-27-41(48-3)28-24-38/h6-8,10-29H,4-5,9H2,1-3H3/b29-16+. The van der Waals surface area contributed by atoms with Crippen molar-refractivity contribution >= 4 is 22.8 Å². The van der Waals surface area contributed by atoms with Crippen LogP contribution in [0.15, 0.2) is 139 Å². The van der Waals surface area contributed by atoms with E-state index in [0.717, 1.165) is 75.3 Å². The third-order valence-electron chi connectivity index (χ3n) is 8.29. The zero-order chi connectivity index (χ0) is 33.7. The monoisotopic (exact) mass is 626 g/mol. The second-order valence-corrected chi connectivity index (χ2v) is 11.3. The first-order chi connectivity index (χ1) is 23.6. The molecule has 0 heterocycles. The highest BCUT2D eigenvalue weighted by atomic mass is 16.5. The summed E-state index contributed by atoms with van der Waals surface area (Å²) in [6, 6.07) is 47.2. The second-order valence-electron chi connectivity index (χ2n) is 11.3. The molecule has 0 saturated heterocycles. The zero-order valence-corrected chi connectivity index (χ0v) is 27.6. The molecule has 0 aliphatic heterocycles. The van der Waals surface area contributed by atoms with Gasteiger partial charge in [-0.25, -0.2) is 0 Å². The maximum atomic E-state index is 9.88. The van der Waals surface area contributed by atoms with Crippen LogP contribution in [0.1, 0.15) is 58.7 Å². The molecule has 0 N–H and O–H groups in total. The lowest BCUT2D eigenvalue weighted by molar-refractivity contribution is 0.414. The maximum Gasteiger partial charge on any atom is 0.137 e. The summed E-state index contributed by atoms with van der Waals surface area (Å²) in [6.07, 6.45) is 7.21. The largest absolute Gasteiger partial charge is 0.497 e. The fourth-order valence-corrected chi connectivity index (χ4v) is 5.67. The molecule has 0 atom stereocenters. The Morgan fingerprint density at radius 2 is 1.04 bits per heavy atom. The third kappa shape index (κ3) is 8.00. The first-order valence-electron chi connectivity index (χ1n) is 16.1. The predicted octanol–water partition coefficient (Wildman–Crippen LogP) is 10.6. The molecule has 0 bridgehead atoms. The molecule has 0 amide bonds. The summed E-state index contributed by atoms with van der Waals surface area (Å²) in [5.74, 6) is 1.56. The van der Waals surface area contributed by atoms with Gasteiger partial charge < -0.3 is 9.47 Å². The number of hydrogen-bond donors (Lipinski definition) is 0. The number of benzene rings is 5. The lowest BCUT2D eigenvalue weighted by Gasteiger charge is -2.19. The Kier molecular flexibility index (Phi) is 11.4. The summed E-state index contributed by atoms with van der Waals surface area (Å²) in [4.78, 5) is 0. The van der Waals surface area contributed by atoms with E-state index < -0.39 is 0 Å². The topological polar surface area (TPSA) is 66.0 Å². The van der Waals surface area contributed by atoms with E-state index in [1.807, 2.05) is 66.7 Å². The van der Waals surface area contributed by atoms with Crippen LogP contribution in [0.5, 0.6) is 11.5 Å². The first-order valence-corrected chi connectivity index (χ1v) is 16.1. The average Bonchev–Trinajstić information content (AvgIpc) is 3.16. The molecule has 0 spiro atoms. The van der Waals surface area contributed by atoms with Gasteiger partial charge >= 0.3 is 0 Å². The minimum absolute atomic E-state index is 0.0644. The maximum absolute atomic E-state index is 9.88. The summed E-state index contributed by atoms with van der Waals surface area (Å²) in [7, 11) is 3.33. The van der Waals surface area contributed by atoms with Crippen LogP contribution in [0, 0.1) is 22.7 Å². The van der Waals surface area contributed by atoms with E-state index >= 15 is 0 Å². The third-order valence-corrected chi connectivity index (χ3v) is 8.29. The van der Waals surface area contributed by atoms with Crippen molar-refractivity contribution in [1.82, 2.24) is 0 Å². The number of aryl methyl sites for hydroxylation is 1. The van der Waals surface area contributed by atoms with E-state index in [1.165, 1.54) is 5.56 Å². The number of allylic oxidation sites excluding steroid dienone is 3. The van der Waals surface area contributed by atoms with Gasteiger partial charge in [-0.3, -0.25) is 0 Å². The van der Waals surface area contributed by atoms with Crippen molar-refractivity contribution in [2.75, 3.05) is 14.2 Å². The van der Waals surface area contributed by atoms with Gasteiger partial charge in [0.25, 0.3) is 0 Å². The highest BCUT2D eigenvalue weighted by molar-refractivity contribution is 6.04. The van der Waals surface area contributed by atoms with E-state index in [2.05, 4.69) is 91.9 Å². The van der Waals surface area contributed by atoms with Gasteiger partial charge in [-0.15, -0.1) is 0 Å². The fraction of sp³-hybridized carbons (Fsp3) is 0.136. The predicted molar refractivity (Wildman–Crippen MR) is 196 cm³/mol. The molecular formula is C44H38N2O2. The molecule has 48 heavy (non-hydrogen) atoms. The number of nitriles is 2. The Morgan fingerprint density at radius 1 is 0.583 bits per heavy atom. The lowest BCUT2D eigenvalue weighted by Crippen LogP contribution is -1.98. The van der Waals surface area contributed by atoms with E-state index in [0.29, 0.717) is 5.57 Å². The van der Waals surface area contributed by atoms with Gasteiger partial charge in [0.15, 0.2) is 0 Å². The Bertz CT molecular complexity index is 1920. The Balaban J connectivity index is 1.63. The van der Waals surface area contributed by atoms with Gasteiger partial charge in [0.2, 0.25) is 0 Å². The average molecular weight is 627 g/mol. The summed E-state index contributed by atoms with van der Waals surface area (Å²) in [6.45, 7) is 2.19. The van der Waals surface area contributed by atoms with Crippen molar-refractivity contribution < 1.29 is 9.47 Å².